The zero-order valence-corrected chi connectivity index (χ0v) is 15.6. The molecule has 0 amide bonds. The van der Waals surface area contributed by atoms with Crippen LogP contribution in [0.15, 0.2) is 60.7 Å². The number of nitrogens with zero attached hydrogens (tertiary/aromatic N) is 2. The Labute approximate surface area is 153 Å². The molecule has 0 unspecified atom stereocenters. The van der Waals surface area contributed by atoms with Gasteiger partial charge in [0.1, 0.15) is 0 Å². The Morgan fingerprint density at radius 2 is 1.56 bits per heavy atom. The van der Waals surface area contributed by atoms with Gasteiger partial charge in [0, 0.05) is 25.7 Å². The third kappa shape index (κ3) is 5.69. The van der Waals surface area contributed by atoms with Crippen molar-refractivity contribution in [3.8, 4) is 0 Å². The summed E-state index contributed by atoms with van der Waals surface area (Å²) in [5, 5.41) is 0. The zero-order chi connectivity index (χ0) is 17.3. The van der Waals surface area contributed by atoms with Crippen molar-refractivity contribution in [2.45, 2.75) is 45.2 Å². The molecule has 25 heavy (non-hydrogen) atoms. The molecule has 1 fully saturated rings. The first-order valence-electron chi connectivity index (χ1n) is 9.89. The van der Waals surface area contributed by atoms with E-state index in [1.165, 1.54) is 56.6 Å². The van der Waals surface area contributed by atoms with Crippen molar-refractivity contribution < 1.29 is 0 Å². The first-order valence-corrected chi connectivity index (χ1v) is 9.89. The normalized spacial score (nSPS) is 19.6. The van der Waals surface area contributed by atoms with Crippen LogP contribution in [0.25, 0.3) is 0 Å². The molecular formula is C23H32N2. The highest BCUT2D eigenvalue weighted by molar-refractivity contribution is 5.18. The van der Waals surface area contributed by atoms with E-state index in [4.69, 9.17) is 0 Å². The van der Waals surface area contributed by atoms with Crippen LogP contribution in [0.5, 0.6) is 0 Å². The first-order chi connectivity index (χ1) is 12.3. The van der Waals surface area contributed by atoms with Gasteiger partial charge in [0.05, 0.1) is 0 Å². The second kappa shape index (κ2) is 9.74. The molecule has 0 radical (unpaired) electrons. The standard InChI is InChI=1S/C23H32N2/c1-2-3-15-24-16-10-17-25(19-22-13-8-5-9-14-22)23(20-24)18-21-11-6-4-7-12-21/h4-9,11-14,23H,2-3,10,15-20H2,1H3/t23-/m1/s1. The Morgan fingerprint density at radius 3 is 2.24 bits per heavy atom. The van der Waals surface area contributed by atoms with Crippen LogP contribution in [-0.4, -0.2) is 42.0 Å². The molecule has 134 valence electrons. The molecule has 2 nitrogen and oxygen atoms in total. The topological polar surface area (TPSA) is 6.48 Å². The molecule has 1 aliphatic rings. The molecule has 2 aromatic rings. The second-order valence-corrected chi connectivity index (χ2v) is 7.31. The maximum Gasteiger partial charge on any atom is 0.0267 e. The number of hydrogen-bond acceptors (Lipinski definition) is 2. The van der Waals surface area contributed by atoms with Crippen LogP contribution in [0.3, 0.4) is 0 Å². The van der Waals surface area contributed by atoms with Gasteiger partial charge in [-0.3, -0.25) is 4.90 Å². The van der Waals surface area contributed by atoms with Crippen molar-refractivity contribution in [3.05, 3.63) is 71.8 Å². The molecule has 0 N–H and O–H groups in total. The summed E-state index contributed by atoms with van der Waals surface area (Å²) in [6.07, 6.45) is 5.03. The fraction of sp³-hybridized carbons (Fsp3) is 0.478. The third-order valence-corrected chi connectivity index (χ3v) is 5.28. The zero-order valence-electron chi connectivity index (χ0n) is 15.6. The Kier molecular flexibility index (Phi) is 7.08. The summed E-state index contributed by atoms with van der Waals surface area (Å²) in [6.45, 7) is 8.26. The smallest absolute Gasteiger partial charge is 0.0267 e. The van der Waals surface area contributed by atoms with Gasteiger partial charge in [0.15, 0.2) is 0 Å². The fourth-order valence-electron chi connectivity index (χ4n) is 3.88. The minimum absolute atomic E-state index is 0.599. The van der Waals surface area contributed by atoms with Crippen molar-refractivity contribution in [1.82, 2.24) is 9.80 Å². The third-order valence-electron chi connectivity index (χ3n) is 5.28. The van der Waals surface area contributed by atoms with Gasteiger partial charge in [-0.2, -0.15) is 0 Å². The highest BCUT2D eigenvalue weighted by atomic mass is 15.2. The predicted molar refractivity (Wildman–Crippen MR) is 107 cm³/mol. The van der Waals surface area contributed by atoms with Gasteiger partial charge < -0.3 is 4.90 Å². The molecule has 0 spiro atoms. The quantitative estimate of drug-likeness (QED) is 0.729. The average Bonchev–Trinajstić information content (AvgIpc) is 2.84. The minimum atomic E-state index is 0.599. The van der Waals surface area contributed by atoms with Crippen molar-refractivity contribution in [3.63, 3.8) is 0 Å². The minimum Gasteiger partial charge on any atom is -0.302 e. The van der Waals surface area contributed by atoms with Crippen molar-refractivity contribution in [2.24, 2.45) is 0 Å². The lowest BCUT2D eigenvalue weighted by atomic mass is 10.0. The molecule has 1 atom stereocenters. The summed E-state index contributed by atoms with van der Waals surface area (Å²) in [6, 6.07) is 22.6. The van der Waals surface area contributed by atoms with Crippen LogP contribution in [0.1, 0.15) is 37.3 Å². The lowest BCUT2D eigenvalue weighted by molar-refractivity contribution is 0.169. The maximum absolute atomic E-state index is 2.72. The highest BCUT2D eigenvalue weighted by Crippen LogP contribution is 2.18. The molecular weight excluding hydrogens is 304 g/mol. The van der Waals surface area contributed by atoms with E-state index < -0.39 is 0 Å². The van der Waals surface area contributed by atoms with E-state index in [2.05, 4.69) is 77.4 Å². The maximum atomic E-state index is 2.72. The lowest BCUT2D eigenvalue weighted by Gasteiger charge is -2.32. The van der Waals surface area contributed by atoms with E-state index in [1.807, 2.05) is 0 Å². The predicted octanol–water partition coefficient (Wildman–Crippen LogP) is 4.61. The molecule has 1 saturated heterocycles. The van der Waals surface area contributed by atoms with Crippen LogP contribution in [0.4, 0.5) is 0 Å². The van der Waals surface area contributed by atoms with Gasteiger partial charge in [0.25, 0.3) is 0 Å². The van der Waals surface area contributed by atoms with Crippen LogP contribution in [0.2, 0.25) is 0 Å². The molecule has 0 aliphatic carbocycles. The molecule has 3 rings (SSSR count). The molecule has 2 aromatic carbocycles. The summed E-state index contributed by atoms with van der Waals surface area (Å²) < 4.78 is 0. The van der Waals surface area contributed by atoms with E-state index in [0.29, 0.717) is 6.04 Å². The van der Waals surface area contributed by atoms with Crippen LogP contribution < -0.4 is 0 Å². The van der Waals surface area contributed by atoms with Gasteiger partial charge in [-0.1, -0.05) is 74.0 Å². The van der Waals surface area contributed by atoms with Crippen LogP contribution >= 0.6 is 0 Å². The van der Waals surface area contributed by atoms with Crippen molar-refractivity contribution >= 4 is 0 Å². The van der Waals surface area contributed by atoms with Crippen molar-refractivity contribution in [1.29, 1.82) is 0 Å². The van der Waals surface area contributed by atoms with Gasteiger partial charge >= 0.3 is 0 Å². The Morgan fingerprint density at radius 1 is 0.880 bits per heavy atom. The molecule has 2 heteroatoms. The highest BCUT2D eigenvalue weighted by Gasteiger charge is 2.25. The summed E-state index contributed by atoms with van der Waals surface area (Å²) in [7, 11) is 0. The summed E-state index contributed by atoms with van der Waals surface area (Å²) >= 11 is 0. The van der Waals surface area contributed by atoms with E-state index in [0.717, 1.165) is 13.0 Å². The van der Waals surface area contributed by atoms with Crippen molar-refractivity contribution in [2.75, 3.05) is 26.2 Å². The Bertz CT molecular complexity index is 596. The molecule has 1 aliphatic heterocycles. The Hall–Kier alpha value is -1.64. The van der Waals surface area contributed by atoms with E-state index in [-0.39, 0.29) is 0 Å². The van der Waals surface area contributed by atoms with Gasteiger partial charge in [-0.05, 0) is 43.5 Å². The number of unbranched alkanes of at least 4 members (excludes halogenated alkanes) is 1. The van der Waals surface area contributed by atoms with Crippen LogP contribution in [-0.2, 0) is 13.0 Å². The summed E-state index contributed by atoms with van der Waals surface area (Å²) in [5.74, 6) is 0. The van der Waals surface area contributed by atoms with Gasteiger partial charge in [-0.15, -0.1) is 0 Å². The first kappa shape index (κ1) is 18.2. The molecule has 0 saturated carbocycles. The van der Waals surface area contributed by atoms with E-state index in [1.54, 1.807) is 0 Å². The lowest BCUT2D eigenvalue weighted by Crippen LogP contribution is -2.42. The number of rotatable bonds is 7. The summed E-state index contributed by atoms with van der Waals surface area (Å²) in [5.41, 5.74) is 2.89. The monoisotopic (exact) mass is 336 g/mol. The average molecular weight is 337 g/mol. The Balaban J connectivity index is 1.73. The summed E-state index contributed by atoms with van der Waals surface area (Å²) in [4.78, 5) is 5.41. The largest absolute Gasteiger partial charge is 0.302 e. The number of benzene rings is 2. The van der Waals surface area contributed by atoms with Gasteiger partial charge in [0.2, 0.25) is 0 Å². The molecule has 1 heterocycles. The van der Waals surface area contributed by atoms with E-state index in [9.17, 15) is 0 Å². The SMILES string of the molecule is CCCCN1CCCN(Cc2ccccc2)[C@H](Cc2ccccc2)C1. The van der Waals surface area contributed by atoms with Gasteiger partial charge in [-0.25, -0.2) is 0 Å². The molecule has 0 bridgehead atoms. The molecule has 0 aromatic heterocycles. The fourth-order valence-corrected chi connectivity index (χ4v) is 3.88. The van der Waals surface area contributed by atoms with E-state index >= 15 is 0 Å². The number of hydrogen-bond donors (Lipinski definition) is 0. The second-order valence-electron chi connectivity index (χ2n) is 7.31. The van der Waals surface area contributed by atoms with Crippen LogP contribution in [0, 0.1) is 0 Å².